The summed E-state index contributed by atoms with van der Waals surface area (Å²) in [5.74, 6) is 0. The summed E-state index contributed by atoms with van der Waals surface area (Å²) in [6.45, 7) is 2.47. The summed E-state index contributed by atoms with van der Waals surface area (Å²) in [6, 6.07) is 30.5. The van der Waals surface area contributed by atoms with Crippen LogP contribution in [0.3, 0.4) is 0 Å². The number of benzene rings is 3. The van der Waals surface area contributed by atoms with E-state index in [1.807, 2.05) is 54.6 Å². The van der Waals surface area contributed by atoms with Gasteiger partial charge in [0.25, 0.3) is 0 Å². The molecule has 2 aliphatic heterocycles. The minimum atomic E-state index is -0.438. The predicted molar refractivity (Wildman–Crippen MR) is 133 cm³/mol. The van der Waals surface area contributed by atoms with Crippen LogP contribution < -0.4 is 0 Å². The highest BCUT2D eigenvalue weighted by molar-refractivity contribution is 5.21. The van der Waals surface area contributed by atoms with Crippen LogP contribution in [-0.4, -0.2) is 37.8 Å². The van der Waals surface area contributed by atoms with Gasteiger partial charge in [0.15, 0.2) is 6.29 Å². The second-order valence-electron chi connectivity index (χ2n) is 8.85. The zero-order valence-corrected chi connectivity index (χ0v) is 19.8. The molecule has 0 bridgehead atoms. The highest BCUT2D eigenvalue weighted by Gasteiger charge is 2.45. The summed E-state index contributed by atoms with van der Waals surface area (Å²) < 4.78 is 31.5. The molecular formula is C30H32O5. The third-order valence-electron chi connectivity index (χ3n) is 6.28. The van der Waals surface area contributed by atoms with Crippen molar-refractivity contribution in [2.45, 2.75) is 50.8 Å². The number of fused-ring (bicyclic) bond motifs is 1. The number of rotatable bonds is 10. The first kappa shape index (κ1) is 23.9. The normalized spacial score (nSPS) is 23.9. The quantitative estimate of drug-likeness (QED) is 0.368. The van der Waals surface area contributed by atoms with E-state index in [0.717, 1.165) is 28.7 Å². The molecule has 0 radical (unpaired) electrons. The average molecular weight is 473 g/mol. The fourth-order valence-corrected chi connectivity index (χ4v) is 4.50. The molecule has 0 spiro atoms. The maximum atomic E-state index is 6.53. The Morgan fingerprint density at radius 3 is 1.89 bits per heavy atom. The van der Waals surface area contributed by atoms with Gasteiger partial charge in [0.05, 0.1) is 33.0 Å². The van der Waals surface area contributed by atoms with Crippen molar-refractivity contribution < 1.29 is 23.7 Å². The van der Waals surface area contributed by atoms with Crippen LogP contribution in [0.15, 0.2) is 103 Å². The second kappa shape index (κ2) is 12.2. The largest absolute Gasteiger partial charge is 0.374 e. The van der Waals surface area contributed by atoms with Gasteiger partial charge in [-0.1, -0.05) is 97.1 Å². The summed E-state index contributed by atoms with van der Waals surface area (Å²) in [7, 11) is 0. The molecule has 0 aromatic heterocycles. The van der Waals surface area contributed by atoms with E-state index in [1.54, 1.807) is 0 Å². The minimum absolute atomic E-state index is 0.289. The smallest absolute Gasteiger partial charge is 0.182 e. The van der Waals surface area contributed by atoms with Gasteiger partial charge < -0.3 is 23.7 Å². The van der Waals surface area contributed by atoms with Crippen LogP contribution in [0.5, 0.6) is 0 Å². The monoisotopic (exact) mass is 472 g/mol. The Bertz CT molecular complexity index is 1050. The Labute approximate surface area is 207 Å². The van der Waals surface area contributed by atoms with Crippen LogP contribution >= 0.6 is 0 Å². The van der Waals surface area contributed by atoms with Crippen LogP contribution in [-0.2, 0) is 43.5 Å². The predicted octanol–water partition coefficient (Wildman–Crippen LogP) is 5.45. The van der Waals surface area contributed by atoms with Gasteiger partial charge in [-0.15, -0.1) is 0 Å². The maximum absolute atomic E-state index is 6.53. The molecular weight excluding hydrogens is 440 g/mol. The van der Waals surface area contributed by atoms with Crippen molar-refractivity contribution in [3.05, 3.63) is 119 Å². The second-order valence-corrected chi connectivity index (χ2v) is 8.85. The first-order valence-corrected chi connectivity index (χ1v) is 12.3. The summed E-state index contributed by atoms with van der Waals surface area (Å²) in [5.41, 5.74) is 4.35. The molecule has 0 amide bonds. The molecule has 2 heterocycles. The molecule has 3 aromatic carbocycles. The minimum Gasteiger partial charge on any atom is -0.374 e. The van der Waals surface area contributed by atoms with Crippen LogP contribution in [0.1, 0.15) is 23.1 Å². The molecule has 5 rings (SSSR count). The van der Waals surface area contributed by atoms with E-state index in [9.17, 15) is 0 Å². The molecule has 0 saturated carbocycles. The van der Waals surface area contributed by atoms with Gasteiger partial charge >= 0.3 is 0 Å². The van der Waals surface area contributed by atoms with Crippen molar-refractivity contribution in [1.29, 1.82) is 0 Å². The lowest BCUT2D eigenvalue weighted by molar-refractivity contribution is -0.252. The molecule has 182 valence electrons. The van der Waals surface area contributed by atoms with Crippen LogP contribution in [0.25, 0.3) is 0 Å². The number of hydrogen-bond donors (Lipinski definition) is 0. The summed E-state index contributed by atoms with van der Waals surface area (Å²) >= 11 is 0. The summed E-state index contributed by atoms with van der Waals surface area (Å²) in [5, 5.41) is 0. The molecule has 0 N–H and O–H groups in total. The van der Waals surface area contributed by atoms with Crippen molar-refractivity contribution in [1.82, 2.24) is 0 Å². The molecule has 1 fully saturated rings. The van der Waals surface area contributed by atoms with Crippen molar-refractivity contribution in [2.75, 3.05) is 13.2 Å². The molecule has 2 aliphatic rings. The van der Waals surface area contributed by atoms with Gasteiger partial charge in [-0.2, -0.15) is 0 Å². The molecule has 3 aromatic rings. The molecule has 1 saturated heterocycles. The van der Waals surface area contributed by atoms with Crippen LogP contribution in [0, 0.1) is 0 Å². The van der Waals surface area contributed by atoms with Crippen LogP contribution in [0.2, 0.25) is 0 Å². The lowest BCUT2D eigenvalue weighted by Gasteiger charge is -2.44. The van der Waals surface area contributed by atoms with E-state index >= 15 is 0 Å². The zero-order chi connectivity index (χ0) is 23.7. The van der Waals surface area contributed by atoms with E-state index in [-0.39, 0.29) is 18.3 Å². The molecule has 35 heavy (non-hydrogen) atoms. The Morgan fingerprint density at radius 2 is 1.26 bits per heavy atom. The first-order valence-electron chi connectivity index (χ1n) is 12.3. The number of hydrogen-bond acceptors (Lipinski definition) is 5. The molecule has 5 heteroatoms. The van der Waals surface area contributed by atoms with Gasteiger partial charge in [-0.05, 0) is 23.1 Å². The van der Waals surface area contributed by atoms with Crippen molar-refractivity contribution >= 4 is 0 Å². The average Bonchev–Trinajstić information content (AvgIpc) is 2.92. The maximum Gasteiger partial charge on any atom is 0.182 e. The SMILES string of the molecule is C1=C2[C@@H](OCC1)O[C@H](COCc1ccccc1)[C@@H](OCc1ccccc1)[C@@H]2OCc1ccccc1. The highest BCUT2D eigenvalue weighted by Crippen LogP contribution is 2.34. The summed E-state index contributed by atoms with van der Waals surface area (Å²) in [6.07, 6.45) is 1.63. The van der Waals surface area contributed by atoms with Crippen LogP contribution in [0.4, 0.5) is 0 Å². The Hall–Kier alpha value is -2.80. The van der Waals surface area contributed by atoms with Gasteiger partial charge in [0.1, 0.15) is 18.3 Å². The van der Waals surface area contributed by atoms with Crippen molar-refractivity contribution in [3.63, 3.8) is 0 Å². The first-order chi connectivity index (χ1) is 17.4. The molecule has 0 unspecified atom stereocenters. The molecule has 5 nitrogen and oxygen atoms in total. The fraction of sp³-hybridized carbons (Fsp3) is 0.333. The number of ether oxygens (including phenoxy) is 5. The molecule has 4 atom stereocenters. The third kappa shape index (κ3) is 6.45. The van der Waals surface area contributed by atoms with Gasteiger partial charge in [0.2, 0.25) is 0 Å². The van der Waals surface area contributed by atoms with E-state index in [4.69, 9.17) is 23.7 Å². The van der Waals surface area contributed by atoms with E-state index in [0.29, 0.717) is 33.0 Å². The third-order valence-corrected chi connectivity index (χ3v) is 6.28. The highest BCUT2D eigenvalue weighted by atomic mass is 16.7. The summed E-state index contributed by atoms with van der Waals surface area (Å²) in [4.78, 5) is 0. The Kier molecular flexibility index (Phi) is 8.37. The van der Waals surface area contributed by atoms with E-state index in [2.05, 4.69) is 42.5 Å². The van der Waals surface area contributed by atoms with E-state index in [1.165, 1.54) is 0 Å². The fourth-order valence-electron chi connectivity index (χ4n) is 4.50. The van der Waals surface area contributed by atoms with Crippen molar-refractivity contribution in [2.24, 2.45) is 0 Å². The Morgan fingerprint density at radius 1 is 0.686 bits per heavy atom. The van der Waals surface area contributed by atoms with Gasteiger partial charge in [-0.25, -0.2) is 0 Å². The zero-order valence-electron chi connectivity index (χ0n) is 19.8. The lowest BCUT2D eigenvalue weighted by atomic mass is 9.94. The molecule has 0 aliphatic carbocycles. The van der Waals surface area contributed by atoms with Gasteiger partial charge in [0, 0.05) is 5.57 Å². The lowest BCUT2D eigenvalue weighted by Crippen LogP contribution is -2.55. The van der Waals surface area contributed by atoms with E-state index < -0.39 is 6.29 Å². The topological polar surface area (TPSA) is 46.2 Å². The standard InChI is InChI=1S/C30H32O5/c1-4-11-23(12-5-1)19-31-22-27-29(34-21-25-15-8-3-9-16-25)28(26-17-10-18-32-30(26)35-27)33-20-24-13-6-2-7-14-24/h1-9,11-17,27-30H,10,18-22H2/t27-,28-,29-,30+/m1/s1. The van der Waals surface area contributed by atoms with Crippen molar-refractivity contribution in [3.8, 4) is 0 Å². The van der Waals surface area contributed by atoms with Gasteiger partial charge in [-0.3, -0.25) is 0 Å². The Balaban J connectivity index is 1.34.